The van der Waals surface area contributed by atoms with Gasteiger partial charge in [-0.2, -0.15) is 0 Å². The molecule has 0 saturated carbocycles. The Hall–Kier alpha value is -1.32. The van der Waals surface area contributed by atoms with E-state index in [0.717, 1.165) is 38.5 Å². The summed E-state index contributed by atoms with van der Waals surface area (Å²) in [5, 5.41) is 0. The molecule has 0 spiro atoms. The van der Waals surface area contributed by atoms with Crippen LogP contribution in [-0.4, -0.2) is 25.2 Å². The molecular formula is C19H34O4. The van der Waals surface area contributed by atoms with Gasteiger partial charge in [0.05, 0.1) is 19.6 Å². The molecule has 0 fully saturated rings. The minimum absolute atomic E-state index is 0.0883. The molecule has 4 nitrogen and oxygen atoms in total. The molecule has 0 aliphatic carbocycles. The van der Waals surface area contributed by atoms with Gasteiger partial charge < -0.3 is 9.47 Å². The van der Waals surface area contributed by atoms with Gasteiger partial charge in [-0.3, -0.25) is 4.79 Å². The van der Waals surface area contributed by atoms with E-state index in [1.165, 1.54) is 0 Å². The van der Waals surface area contributed by atoms with Crippen LogP contribution in [0.3, 0.4) is 0 Å². The van der Waals surface area contributed by atoms with Crippen LogP contribution >= 0.6 is 0 Å². The molecule has 0 bridgehead atoms. The second-order valence-corrected chi connectivity index (χ2v) is 6.92. The maximum absolute atomic E-state index is 11.7. The molecule has 4 heteroatoms. The number of hydrogen-bond acceptors (Lipinski definition) is 4. The predicted octanol–water partition coefficient (Wildman–Crippen LogP) is 4.67. The van der Waals surface area contributed by atoms with Crippen LogP contribution in [0.4, 0.5) is 0 Å². The highest BCUT2D eigenvalue weighted by Gasteiger charge is 2.14. The summed E-state index contributed by atoms with van der Waals surface area (Å²) in [5.41, 5.74) is 0.168. The van der Waals surface area contributed by atoms with Crippen LogP contribution < -0.4 is 0 Å². The summed E-state index contributed by atoms with van der Waals surface area (Å²) in [7, 11) is 0. The molecule has 0 aliphatic heterocycles. The number of hydrogen-bond donors (Lipinski definition) is 0. The molecule has 0 atom stereocenters. The van der Waals surface area contributed by atoms with E-state index in [1.807, 2.05) is 0 Å². The third-order valence-electron chi connectivity index (χ3n) is 3.49. The van der Waals surface area contributed by atoms with Gasteiger partial charge in [0, 0.05) is 5.57 Å². The monoisotopic (exact) mass is 326 g/mol. The zero-order valence-corrected chi connectivity index (χ0v) is 15.4. The Labute approximate surface area is 141 Å². The number of ether oxygens (including phenoxy) is 2. The molecule has 0 unspecified atom stereocenters. The van der Waals surface area contributed by atoms with Crippen molar-refractivity contribution in [2.75, 3.05) is 13.2 Å². The van der Waals surface area contributed by atoms with Gasteiger partial charge in [-0.05, 0) is 37.5 Å². The first kappa shape index (κ1) is 21.7. The third-order valence-corrected chi connectivity index (χ3v) is 3.49. The van der Waals surface area contributed by atoms with Crippen LogP contribution in [0.2, 0.25) is 0 Å². The summed E-state index contributed by atoms with van der Waals surface area (Å²) in [6.45, 7) is 13.1. The normalized spacial score (nSPS) is 10.9. The van der Waals surface area contributed by atoms with Crippen LogP contribution in [-0.2, 0) is 19.1 Å². The standard InChI is InChI=1S/C19H34O4/c1-15(2)10-6-8-12-22-18(20)14-17(5)19(21)23-13-9-7-11-16(3)4/h15-16H,5-14H2,1-4H3. The smallest absolute Gasteiger partial charge is 0.333 e. The quantitative estimate of drug-likeness (QED) is 0.280. The first-order chi connectivity index (χ1) is 10.8. The topological polar surface area (TPSA) is 52.6 Å². The number of rotatable bonds is 13. The van der Waals surface area contributed by atoms with Crippen molar-refractivity contribution in [3.8, 4) is 0 Å². The van der Waals surface area contributed by atoms with E-state index >= 15 is 0 Å². The van der Waals surface area contributed by atoms with Crippen molar-refractivity contribution in [2.45, 2.75) is 72.6 Å². The Kier molecular flexibility index (Phi) is 12.4. The fraction of sp³-hybridized carbons (Fsp3) is 0.789. The summed E-state index contributed by atoms with van der Waals surface area (Å²) < 4.78 is 10.2. The lowest BCUT2D eigenvalue weighted by atomic mass is 10.1. The average molecular weight is 326 g/mol. The second kappa shape index (κ2) is 13.1. The lowest BCUT2D eigenvalue weighted by Gasteiger charge is -2.09. The summed E-state index contributed by atoms with van der Waals surface area (Å²) in [5.74, 6) is 0.430. The van der Waals surface area contributed by atoms with Gasteiger partial charge in [-0.1, -0.05) is 47.1 Å². The minimum Gasteiger partial charge on any atom is -0.465 e. The van der Waals surface area contributed by atoms with Gasteiger partial charge in [0.2, 0.25) is 0 Å². The van der Waals surface area contributed by atoms with E-state index < -0.39 is 11.9 Å². The SMILES string of the molecule is C=C(CC(=O)OCCCCC(C)C)C(=O)OCCCCC(C)C. The highest BCUT2D eigenvalue weighted by atomic mass is 16.5. The molecule has 0 amide bonds. The zero-order chi connectivity index (χ0) is 17.7. The molecule has 23 heavy (non-hydrogen) atoms. The Balaban J connectivity index is 3.69. The Bertz CT molecular complexity index is 358. The van der Waals surface area contributed by atoms with Gasteiger partial charge in [-0.25, -0.2) is 4.79 Å². The number of esters is 2. The molecular weight excluding hydrogens is 292 g/mol. The third kappa shape index (κ3) is 14.0. The van der Waals surface area contributed by atoms with Crippen molar-refractivity contribution >= 4 is 11.9 Å². The lowest BCUT2D eigenvalue weighted by Crippen LogP contribution is -2.14. The van der Waals surface area contributed by atoms with E-state index in [9.17, 15) is 9.59 Å². The van der Waals surface area contributed by atoms with Gasteiger partial charge >= 0.3 is 11.9 Å². The molecule has 0 N–H and O–H groups in total. The number of carbonyl (C=O) groups is 2. The molecule has 0 radical (unpaired) electrons. The molecule has 0 aliphatic rings. The van der Waals surface area contributed by atoms with Gasteiger partial charge in [-0.15, -0.1) is 0 Å². The summed E-state index contributed by atoms with van der Waals surface area (Å²) in [4.78, 5) is 23.3. The van der Waals surface area contributed by atoms with Crippen molar-refractivity contribution in [2.24, 2.45) is 11.8 Å². The Morgan fingerprint density at radius 2 is 1.30 bits per heavy atom. The maximum Gasteiger partial charge on any atom is 0.333 e. The Morgan fingerprint density at radius 3 is 1.78 bits per heavy atom. The molecule has 0 aromatic heterocycles. The van der Waals surface area contributed by atoms with E-state index in [4.69, 9.17) is 9.47 Å². The molecule has 0 saturated heterocycles. The fourth-order valence-electron chi connectivity index (χ4n) is 2.06. The zero-order valence-electron chi connectivity index (χ0n) is 15.4. The second-order valence-electron chi connectivity index (χ2n) is 6.92. The fourth-order valence-corrected chi connectivity index (χ4v) is 2.06. The summed E-state index contributed by atoms with van der Waals surface area (Å²) in [6, 6.07) is 0. The number of unbranched alkanes of at least 4 members (excludes halogenated alkanes) is 2. The van der Waals surface area contributed by atoms with Gasteiger partial charge in [0.25, 0.3) is 0 Å². The van der Waals surface area contributed by atoms with Crippen molar-refractivity contribution < 1.29 is 19.1 Å². The predicted molar refractivity (Wildman–Crippen MR) is 93.1 cm³/mol. The molecule has 0 heterocycles. The van der Waals surface area contributed by atoms with Crippen LogP contribution in [0.15, 0.2) is 12.2 Å². The summed E-state index contributed by atoms with van der Waals surface area (Å²) >= 11 is 0. The van der Waals surface area contributed by atoms with Gasteiger partial charge in [0.1, 0.15) is 0 Å². The van der Waals surface area contributed by atoms with Gasteiger partial charge in [0.15, 0.2) is 0 Å². The van der Waals surface area contributed by atoms with Crippen molar-refractivity contribution in [1.82, 2.24) is 0 Å². The van der Waals surface area contributed by atoms with Crippen LogP contribution in [0.1, 0.15) is 72.6 Å². The van der Waals surface area contributed by atoms with E-state index in [-0.39, 0.29) is 12.0 Å². The Morgan fingerprint density at radius 1 is 0.826 bits per heavy atom. The molecule has 0 rings (SSSR count). The highest BCUT2D eigenvalue weighted by molar-refractivity contribution is 5.93. The maximum atomic E-state index is 11.7. The van der Waals surface area contributed by atoms with E-state index in [1.54, 1.807) is 0 Å². The molecule has 0 aromatic rings. The van der Waals surface area contributed by atoms with Crippen molar-refractivity contribution in [3.05, 3.63) is 12.2 Å². The minimum atomic E-state index is -0.494. The van der Waals surface area contributed by atoms with Crippen LogP contribution in [0, 0.1) is 11.8 Å². The summed E-state index contributed by atoms with van der Waals surface area (Å²) in [6.07, 6.45) is 5.96. The lowest BCUT2D eigenvalue weighted by molar-refractivity contribution is -0.146. The van der Waals surface area contributed by atoms with Crippen molar-refractivity contribution in [3.63, 3.8) is 0 Å². The number of carbonyl (C=O) groups excluding carboxylic acids is 2. The highest BCUT2D eigenvalue weighted by Crippen LogP contribution is 2.09. The first-order valence-electron chi connectivity index (χ1n) is 8.83. The largest absolute Gasteiger partial charge is 0.465 e. The van der Waals surface area contributed by atoms with E-state index in [0.29, 0.717) is 25.0 Å². The van der Waals surface area contributed by atoms with Crippen LogP contribution in [0.5, 0.6) is 0 Å². The van der Waals surface area contributed by atoms with E-state index in [2.05, 4.69) is 34.3 Å². The van der Waals surface area contributed by atoms with Crippen molar-refractivity contribution in [1.29, 1.82) is 0 Å². The first-order valence-corrected chi connectivity index (χ1v) is 8.83. The molecule has 134 valence electrons. The molecule has 0 aromatic carbocycles. The van der Waals surface area contributed by atoms with Crippen LogP contribution in [0.25, 0.3) is 0 Å². The average Bonchev–Trinajstić information content (AvgIpc) is 2.45.